The third kappa shape index (κ3) is 5.59. The monoisotopic (exact) mass is 298 g/mol. The highest BCUT2D eigenvalue weighted by Crippen LogP contribution is 2.25. The predicted octanol–water partition coefficient (Wildman–Crippen LogP) is 2.85. The largest absolute Gasteiger partial charge is 0.495 e. The minimum absolute atomic E-state index is 0.0270. The second-order valence-electron chi connectivity index (χ2n) is 4.69. The SMILES string of the molecule is CCCCN(CCCO)C(=O)Nc1cc(F)ccc1OC. The summed E-state index contributed by atoms with van der Waals surface area (Å²) in [5.74, 6) is -0.0380. The number of ether oxygens (including phenoxy) is 1. The van der Waals surface area contributed by atoms with Gasteiger partial charge in [-0.15, -0.1) is 0 Å². The summed E-state index contributed by atoms with van der Waals surface area (Å²) >= 11 is 0. The molecule has 0 aliphatic heterocycles. The minimum atomic E-state index is -0.443. The standard InChI is InChI=1S/C15H23FN2O3/c1-3-4-8-18(9-5-10-19)15(20)17-13-11-12(16)6-7-14(13)21-2/h6-7,11,19H,3-5,8-10H2,1-2H3,(H,17,20). The van der Waals surface area contributed by atoms with Crippen molar-refractivity contribution in [3.63, 3.8) is 0 Å². The molecule has 2 N–H and O–H groups in total. The summed E-state index contributed by atoms with van der Waals surface area (Å²) in [7, 11) is 1.46. The van der Waals surface area contributed by atoms with Crippen molar-refractivity contribution < 1.29 is 19.0 Å². The van der Waals surface area contributed by atoms with E-state index >= 15 is 0 Å². The lowest BCUT2D eigenvalue weighted by atomic mass is 10.2. The molecular weight excluding hydrogens is 275 g/mol. The lowest BCUT2D eigenvalue weighted by molar-refractivity contribution is 0.201. The number of aliphatic hydroxyl groups is 1. The molecule has 0 radical (unpaired) electrons. The minimum Gasteiger partial charge on any atom is -0.495 e. The normalized spacial score (nSPS) is 10.3. The maximum atomic E-state index is 13.3. The van der Waals surface area contributed by atoms with Gasteiger partial charge in [-0.3, -0.25) is 0 Å². The first kappa shape index (κ1) is 17.2. The van der Waals surface area contributed by atoms with Crippen molar-refractivity contribution >= 4 is 11.7 Å². The second-order valence-corrected chi connectivity index (χ2v) is 4.69. The zero-order valence-electron chi connectivity index (χ0n) is 12.6. The van der Waals surface area contributed by atoms with Crippen molar-refractivity contribution in [3.05, 3.63) is 24.0 Å². The van der Waals surface area contributed by atoms with Crippen LogP contribution >= 0.6 is 0 Å². The summed E-state index contributed by atoms with van der Waals surface area (Å²) < 4.78 is 18.4. The topological polar surface area (TPSA) is 61.8 Å². The van der Waals surface area contributed by atoms with Crippen molar-refractivity contribution in [2.75, 3.05) is 32.1 Å². The first-order chi connectivity index (χ1) is 10.1. The van der Waals surface area contributed by atoms with Gasteiger partial charge in [0.2, 0.25) is 0 Å². The van der Waals surface area contributed by atoms with Gasteiger partial charge in [0.05, 0.1) is 12.8 Å². The quantitative estimate of drug-likeness (QED) is 0.776. The van der Waals surface area contributed by atoms with Crippen molar-refractivity contribution in [1.82, 2.24) is 4.90 Å². The van der Waals surface area contributed by atoms with Crippen LogP contribution in [0.4, 0.5) is 14.9 Å². The third-order valence-corrected chi connectivity index (χ3v) is 3.06. The number of carbonyl (C=O) groups excluding carboxylic acids is 1. The molecule has 0 fully saturated rings. The molecule has 0 aromatic heterocycles. The van der Waals surface area contributed by atoms with E-state index in [2.05, 4.69) is 5.32 Å². The number of halogens is 1. The van der Waals surface area contributed by atoms with Gasteiger partial charge in [-0.05, 0) is 25.0 Å². The molecule has 0 aliphatic carbocycles. The van der Waals surface area contributed by atoms with E-state index < -0.39 is 5.82 Å². The Bertz CT molecular complexity index is 447. The lowest BCUT2D eigenvalue weighted by Gasteiger charge is -2.23. The van der Waals surface area contributed by atoms with Gasteiger partial charge in [0, 0.05) is 25.8 Å². The van der Waals surface area contributed by atoms with E-state index in [0.29, 0.717) is 30.9 Å². The van der Waals surface area contributed by atoms with Crippen LogP contribution in [0.1, 0.15) is 26.2 Å². The Morgan fingerprint density at radius 2 is 2.10 bits per heavy atom. The maximum Gasteiger partial charge on any atom is 0.321 e. The molecule has 1 aromatic rings. The summed E-state index contributed by atoms with van der Waals surface area (Å²) in [5.41, 5.74) is 0.299. The van der Waals surface area contributed by atoms with Crippen molar-refractivity contribution in [1.29, 1.82) is 0 Å². The molecular formula is C15H23FN2O3. The van der Waals surface area contributed by atoms with Gasteiger partial charge >= 0.3 is 6.03 Å². The van der Waals surface area contributed by atoms with Crippen LogP contribution in [-0.2, 0) is 0 Å². The molecule has 0 unspecified atom stereocenters. The fourth-order valence-corrected chi connectivity index (χ4v) is 1.90. The second kappa shape index (κ2) is 9.18. The van der Waals surface area contributed by atoms with Gasteiger partial charge in [-0.2, -0.15) is 0 Å². The summed E-state index contributed by atoms with van der Waals surface area (Å²) in [6.45, 7) is 3.12. The number of anilines is 1. The Morgan fingerprint density at radius 1 is 1.38 bits per heavy atom. The number of rotatable bonds is 8. The molecule has 0 saturated heterocycles. The molecule has 1 aromatic carbocycles. The number of amides is 2. The van der Waals surface area contributed by atoms with Crippen LogP contribution in [0.15, 0.2) is 18.2 Å². The summed E-state index contributed by atoms with van der Waals surface area (Å²) in [4.78, 5) is 13.9. The summed E-state index contributed by atoms with van der Waals surface area (Å²) in [6, 6.07) is 3.64. The smallest absolute Gasteiger partial charge is 0.321 e. The lowest BCUT2D eigenvalue weighted by Crippen LogP contribution is -2.37. The summed E-state index contributed by atoms with van der Waals surface area (Å²) in [6.07, 6.45) is 2.35. The van der Waals surface area contributed by atoms with Crippen LogP contribution in [0.3, 0.4) is 0 Å². The molecule has 0 spiro atoms. The predicted molar refractivity (Wildman–Crippen MR) is 80.2 cm³/mol. The van der Waals surface area contributed by atoms with Crippen molar-refractivity contribution in [2.45, 2.75) is 26.2 Å². The van der Waals surface area contributed by atoms with E-state index in [9.17, 15) is 9.18 Å². The zero-order valence-corrected chi connectivity index (χ0v) is 12.6. The number of nitrogens with zero attached hydrogens (tertiary/aromatic N) is 1. The van der Waals surface area contributed by atoms with Gasteiger partial charge in [0.15, 0.2) is 0 Å². The average Bonchev–Trinajstić information content (AvgIpc) is 2.47. The zero-order chi connectivity index (χ0) is 15.7. The number of aliphatic hydroxyl groups excluding tert-OH is 1. The first-order valence-corrected chi connectivity index (χ1v) is 7.12. The first-order valence-electron chi connectivity index (χ1n) is 7.12. The molecule has 118 valence electrons. The summed E-state index contributed by atoms with van der Waals surface area (Å²) in [5, 5.41) is 11.6. The van der Waals surface area contributed by atoms with Crippen molar-refractivity contribution in [3.8, 4) is 5.75 Å². The van der Waals surface area contributed by atoms with E-state index in [1.54, 1.807) is 4.90 Å². The number of nitrogens with one attached hydrogen (secondary N) is 1. The maximum absolute atomic E-state index is 13.3. The number of hydrogen-bond donors (Lipinski definition) is 2. The van der Waals surface area contributed by atoms with E-state index in [-0.39, 0.29) is 12.6 Å². The van der Waals surface area contributed by atoms with E-state index in [1.807, 2.05) is 6.92 Å². The van der Waals surface area contributed by atoms with Gasteiger partial charge < -0.3 is 20.1 Å². The Kier molecular flexibility index (Phi) is 7.53. The fraction of sp³-hybridized carbons (Fsp3) is 0.533. The highest BCUT2D eigenvalue weighted by atomic mass is 19.1. The third-order valence-electron chi connectivity index (χ3n) is 3.06. The average molecular weight is 298 g/mol. The molecule has 5 nitrogen and oxygen atoms in total. The Hall–Kier alpha value is -1.82. The van der Waals surface area contributed by atoms with Crippen LogP contribution in [0, 0.1) is 5.82 Å². The van der Waals surface area contributed by atoms with Crippen LogP contribution in [0.5, 0.6) is 5.75 Å². The van der Waals surface area contributed by atoms with Gasteiger partial charge in [-0.25, -0.2) is 9.18 Å². The van der Waals surface area contributed by atoms with E-state index in [1.165, 1.54) is 25.3 Å². The highest BCUT2D eigenvalue weighted by Gasteiger charge is 2.15. The number of methoxy groups -OCH3 is 1. The number of carbonyl (C=O) groups is 1. The number of hydrogen-bond acceptors (Lipinski definition) is 3. The highest BCUT2D eigenvalue weighted by molar-refractivity contribution is 5.91. The van der Waals surface area contributed by atoms with Gasteiger partial charge in [0.25, 0.3) is 0 Å². The molecule has 0 aliphatic rings. The molecule has 0 saturated carbocycles. The Labute approximate surface area is 124 Å². The number of urea groups is 1. The van der Waals surface area contributed by atoms with Crippen LogP contribution in [0.2, 0.25) is 0 Å². The molecule has 21 heavy (non-hydrogen) atoms. The van der Waals surface area contributed by atoms with Gasteiger partial charge in [-0.1, -0.05) is 13.3 Å². The molecule has 0 bridgehead atoms. The number of unbranched alkanes of at least 4 members (excludes halogenated alkanes) is 1. The molecule has 6 heteroatoms. The van der Waals surface area contributed by atoms with Crippen LogP contribution in [0.25, 0.3) is 0 Å². The van der Waals surface area contributed by atoms with E-state index in [0.717, 1.165) is 12.8 Å². The van der Waals surface area contributed by atoms with Crippen molar-refractivity contribution in [2.24, 2.45) is 0 Å². The number of benzene rings is 1. The molecule has 0 atom stereocenters. The molecule has 2 amide bonds. The van der Waals surface area contributed by atoms with Crippen LogP contribution in [-0.4, -0.2) is 42.8 Å². The Balaban J connectivity index is 2.77. The van der Waals surface area contributed by atoms with Gasteiger partial charge in [0.1, 0.15) is 11.6 Å². The fourth-order valence-electron chi connectivity index (χ4n) is 1.90. The molecule has 1 rings (SSSR count). The Morgan fingerprint density at radius 3 is 2.71 bits per heavy atom. The van der Waals surface area contributed by atoms with E-state index in [4.69, 9.17) is 9.84 Å². The van der Waals surface area contributed by atoms with Crippen LogP contribution < -0.4 is 10.1 Å². The molecule has 0 heterocycles.